The Balaban J connectivity index is 1.83. The Labute approximate surface area is 150 Å². The minimum atomic E-state index is -0.0784. The largest absolute Gasteiger partial charge is 0.497 e. The Hall–Kier alpha value is -1.57. The van der Waals surface area contributed by atoms with Crippen molar-refractivity contribution in [3.8, 4) is 11.5 Å². The Morgan fingerprint density at radius 3 is 2.92 bits per heavy atom. The summed E-state index contributed by atoms with van der Waals surface area (Å²) in [5.41, 5.74) is 0.787. The molecule has 0 aromatic heterocycles. The van der Waals surface area contributed by atoms with Crippen LogP contribution in [0.25, 0.3) is 6.08 Å². The first-order valence-corrected chi connectivity index (χ1v) is 8.94. The van der Waals surface area contributed by atoms with Crippen molar-refractivity contribution >= 4 is 40.3 Å². The highest BCUT2D eigenvalue weighted by Gasteiger charge is 2.34. The highest BCUT2D eigenvalue weighted by molar-refractivity contribution is 8.26. The van der Waals surface area contributed by atoms with Crippen LogP contribution in [0.4, 0.5) is 0 Å². The fourth-order valence-electron chi connectivity index (χ4n) is 2.74. The zero-order valence-electron chi connectivity index (χ0n) is 13.6. The number of thiocarbonyl (C=S) groups is 1. The van der Waals surface area contributed by atoms with E-state index < -0.39 is 0 Å². The minimum Gasteiger partial charge on any atom is -0.497 e. The van der Waals surface area contributed by atoms with Gasteiger partial charge in [0.1, 0.15) is 15.8 Å². The first-order valence-electron chi connectivity index (χ1n) is 7.71. The number of hydrogen-bond donors (Lipinski definition) is 0. The minimum absolute atomic E-state index is 0.0784. The summed E-state index contributed by atoms with van der Waals surface area (Å²) in [6.45, 7) is 1.29. The number of carbonyl (C=O) groups excluding carboxylic acids is 1. The summed E-state index contributed by atoms with van der Waals surface area (Å²) in [7, 11) is 3.20. The lowest BCUT2D eigenvalue weighted by atomic mass is 10.1. The molecule has 5 nitrogen and oxygen atoms in total. The maximum atomic E-state index is 12.7. The van der Waals surface area contributed by atoms with E-state index in [1.807, 2.05) is 18.2 Å². The Morgan fingerprint density at radius 1 is 1.42 bits per heavy atom. The number of rotatable bonds is 5. The van der Waals surface area contributed by atoms with Crippen molar-refractivity contribution in [2.24, 2.45) is 0 Å². The molecule has 1 amide bonds. The van der Waals surface area contributed by atoms with Crippen LogP contribution < -0.4 is 9.47 Å². The van der Waals surface area contributed by atoms with Crippen LogP contribution in [-0.4, -0.2) is 48.6 Å². The standard InChI is InChI=1S/C17H19NO4S2/c1-20-12-5-6-14(21-2)11(8-12)9-15-16(19)18(17(23)24-15)10-13-4-3-7-22-13/h5-6,8-9,13H,3-4,7,10H2,1-2H3/b15-9+/t13-/m1/s1. The number of methoxy groups -OCH3 is 2. The summed E-state index contributed by atoms with van der Waals surface area (Å²) in [6.07, 6.45) is 3.89. The molecule has 0 N–H and O–H groups in total. The van der Waals surface area contributed by atoms with Crippen LogP contribution in [0.1, 0.15) is 18.4 Å². The van der Waals surface area contributed by atoms with Crippen LogP contribution in [0, 0.1) is 0 Å². The third-order valence-corrected chi connectivity index (χ3v) is 5.39. The van der Waals surface area contributed by atoms with E-state index in [-0.39, 0.29) is 12.0 Å². The van der Waals surface area contributed by atoms with Gasteiger partial charge in [0.15, 0.2) is 0 Å². The van der Waals surface area contributed by atoms with Crippen molar-refractivity contribution in [1.82, 2.24) is 4.90 Å². The lowest BCUT2D eigenvalue weighted by Crippen LogP contribution is -2.35. The number of nitrogens with zero attached hydrogens (tertiary/aromatic N) is 1. The third kappa shape index (κ3) is 3.58. The summed E-state index contributed by atoms with van der Waals surface area (Å²) >= 11 is 6.68. The monoisotopic (exact) mass is 365 g/mol. The molecule has 3 rings (SSSR count). The number of carbonyl (C=O) groups is 1. The van der Waals surface area contributed by atoms with Gasteiger partial charge < -0.3 is 14.2 Å². The van der Waals surface area contributed by atoms with Gasteiger partial charge in [0.2, 0.25) is 0 Å². The molecule has 2 aliphatic rings. The molecule has 128 valence electrons. The van der Waals surface area contributed by atoms with E-state index >= 15 is 0 Å². The SMILES string of the molecule is COc1ccc(OC)c(/C=C2/SC(=S)N(C[C@H]3CCCO3)C2=O)c1. The normalized spacial score (nSPS) is 22.5. The van der Waals surface area contributed by atoms with E-state index in [1.54, 1.807) is 25.2 Å². The Morgan fingerprint density at radius 2 is 2.25 bits per heavy atom. The fraction of sp³-hybridized carbons (Fsp3) is 0.412. The second-order valence-corrected chi connectivity index (χ2v) is 7.21. The molecular weight excluding hydrogens is 346 g/mol. The smallest absolute Gasteiger partial charge is 0.266 e. The molecule has 1 atom stereocenters. The van der Waals surface area contributed by atoms with E-state index in [4.69, 9.17) is 26.4 Å². The van der Waals surface area contributed by atoms with Crippen LogP contribution in [0.3, 0.4) is 0 Å². The van der Waals surface area contributed by atoms with Gasteiger partial charge in [-0.3, -0.25) is 9.69 Å². The van der Waals surface area contributed by atoms with Crippen molar-refractivity contribution in [2.75, 3.05) is 27.4 Å². The van der Waals surface area contributed by atoms with Gasteiger partial charge in [-0.15, -0.1) is 0 Å². The first kappa shape index (κ1) is 17.3. The lowest BCUT2D eigenvalue weighted by molar-refractivity contribution is -0.123. The fourth-order valence-corrected chi connectivity index (χ4v) is 4.01. The molecule has 1 aromatic carbocycles. The van der Waals surface area contributed by atoms with Crippen LogP contribution in [0.2, 0.25) is 0 Å². The number of ether oxygens (including phenoxy) is 3. The van der Waals surface area contributed by atoms with Crippen LogP contribution >= 0.6 is 24.0 Å². The molecule has 0 aliphatic carbocycles. The molecule has 1 aromatic rings. The van der Waals surface area contributed by atoms with Crippen molar-refractivity contribution in [3.05, 3.63) is 28.7 Å². The molecule has 2 saturated heterocycles. The van der Waals surface area contributed by atoms with Crippen LogP contribution in [0.5, 0.6) is 11.5 Å². The highest BCUT2D eigenvalue weighted by atomic mass is 32.2. The maximum Gasteiger partial charge on any atom is 0.266 e. The summed E-state index contributed by atoms with van der Waals surface area (Å²) in [5, 5.41) is 0. The summed E-state index contributed by atoms with van der Waals surface area (Å²) in [5.74, 6) is 1.31. The van der Waals surface area contributed by atoms with Crippen LogP contribution in [-0.2, 0) is 9.53 Å². The number of hydrogen-bond acceptors (Lipinski definition) is 6. The quantitative estimate of drug-likeness (QED) is 0.590. The molecule has 2 aliphatic heterocycles. The van der Waals surface area contributed by atoms with E-state index in [0.717, 1.165) is 25.0 Å². The van der Waals surface area contributed by atoms with E-state index in [0.29, 0.717) is 27.3 Å². The van der Waals surface area contributed by atoms with Gasteiger partial charge in [0, 0.05) is 12.2 Å². The highest BCUT2D eigenvalue weighted by Crippen LogP contribution is 2.35. The summed E-state index contributed by atoms with van der Waals surface area (Å²) in [6, 6.07) is 5.47. The first-order chi connectivity index (χ1) is 11.6. The van der Waals surface area contributed by atoms with Gasteiger partial charge in [-0.1, -0.05) is 24.0 Å². The predicted molar refractivity (Wildman–Crippen MR) is 98.4 cm³/mol. The van der Waals surface area contributed by atoms with E-state index in [2.05, 4.69) is 0 Å². The molecule has 0 saturated carbocycles. The van der Waals surface area contributed by atoms with Gasteiger partial charge in [0.25, 0.3) is 5.91 Å². The maximum absolute atomic E-state index is 12.7. The number of thioether (sulfide) groups is 1. The Bertz CT molecular complexity index is 683. The third-order valence-electron chi connectivity index (χ3n) is 4.01. The van der Waals surface area contributed by atoms with Crippen molar-refractivity contribution in [1.29, 1.82) is 0 Å². The second-order valence-electron chi connectivity index (χ2n) is 5.54. The van der Waals surface area contributed by atoms with Gasteiger partial charge in [-0.2, -0.15) is 0 Å². The molecular formula is C17H19NO4S2. The number of benzene rings is 1. The van der Waals surface area contributed by atoms with Crippen molar-refractivity contribution in [3.63, 3.8) is 0 Å². The topological polar surface area (TPSA) is 48.0 Å². The van der Waals surface area contributed by atoms with E-state index in [9.17, 15) is 4.79 Å². The Kier molecular flexibility index (Phi) is 5.43. The molecule has 2 heterocycles. The zero-order valence-corrected chi connectivity index (χ0v) is 15.2. The van der Waals surface area contributed by atoms with Gasteiger partial charge in [-0.05, 0) is 37.1 Å². The van der Waals surface area contributed by atoms with Gasteiger partial charge in [0.05, 0.1) is 31.8 Å². The van der Waals surface area contributed by atoms with Gasteiger partial charge in [-0.25, -0.2) is 0 Å². The average Bonchev–Trinajstić information content (AvgIpc) is 3.19. The average molecular weight is 365 g/mol. The summed E-state index contributed by atoms with van der Waals surface area (Å²) < 4.78 is 16.8. The van der Waals surface area contributed by atoms with E-state index in [1.165, 1.54) is 11.8 Å². The summed E-state index contributed by atoms with van der Waals surface area (Å²) in [4.78, 5) is 14.9. The molecule has 24 heavy (non-hydrogen) atoms. The molecule has 2 fully saturated rings. The molecule has 0 radical (unpaired) electrons. The van der Waals surface area contributed by atoms with Crippen LogP contribution in [0.15, 0.2) is 23.1 Å². The lowest BCUT2D eigenvalue weighted by Gasteiger charge is -2.18. The van der Waals surface area contributed by atoms with Crippen molar-refractivity contribution < 1.29 is 19.0 Å². The molecule has 7 heteroatoms. The van der Waals surface area contributed by atoms with Crippen molar-refractivity contribution in [2.45, 2.75) is 18.9 Å². The number of amides is 1. The predicted octanol–water partition coefficient (Wildman–Crippen LogP) is 3.08. The second kappa shape index (κ2) is 7.55. The molecule has 0 unspecified atom stereocenters. The zero-order chi connectivity index (χ0) is 17.1. The van der Waals surface area contributed by atoms with Gasteiger partial charge >= 0.3 is 0 Å². The molecule has 0 spiro atoms. The molecule has 0 bridgehead atoms.